The molecule has 3 rings (SSSR count). The summed E-state index contributed by atoms with van der Waals surface area (Å²) in [5.41, 5.74) is 0.438. The fraction of sp³-hybridized carbons (Fsp3) is 1.00. The molecule has 0 amide bonds. The van der Waals surface area contributed by atoms with Gasteiger partial charge in [-0.2, -0.15) is 11.8 Å². The van der Waals surface area contributed by atoms with Gasteiger partial charge in [0, 0.05) is 37.5 Å². The van der Waals surface area contributed by atoms with E-state index >= 15 is 0 Å². The molecule has 1 spiro atoms. The lowest BCUT2D eigenvalue weighted by Crippen LogP contribution is -2.47. The number of quaternary nitrogens is 1. The molecule has 1 N–H and O–H groups in total. The topological polar surface area (TPSA) is 65.0 Å². The summed E-state index contributed by atoms with van der Waals surface area (Å²) in [6, 6.07) is 0.571. The van der Waals surface area contributed by atoms with Gasteiger partial charge in [0.1, 0.15) is 6.04 Å². The molecule has 0 bridgehead atoms. The molecule has 8 heteroatoms. The van der Waals surface area contributed by atoms with E-state index in [1.165, 1.54) is 116 Å². The van der Waals surface area contributed by atoms with Crippen molar-refractivity contribution in [3.63, 3.8) is 0 Å². The zero-order valence-corrected chi connectivity index (χ0v) is 28.9. The highest BCUT2D eigenvalue weighted by atomic mass is 32.2. The van der Waals surface area contributed by atoms with E-state index in [0.29, 0.717) is 24.1 Å². The molecule has 1 aliphatic heterocycles. The molecule has 0 aromatic heterocycles. The third-order valence-electron chi connectivity index (χ3n) is 10.6. The van der Waals surface area contributed by atoms with E-state index < -0.39 is 7.82 Å². The Hall–Kier alpha value is 0.380. The highest BCUT2D eigenvalue weighted by Gasteiger charge is 2.83. The van der Waals surface area contributed by atoms with E-state index in [9.17, 15) is 9.46 Å². The Morgan fingerprint density at radius 1 is 0.878 bits per heavy atom. The standard InChI is InChI=1S/C33H64NO5PS/c1-5-6-7-8-9-10-11-12-13-14-15-16-17-18-19-20-23-41-28-29(26-37-4)27-38-40(35,36)39-31-24-30-21-22-33(30)32(25-31)34(33,2)3/h29-32H,5-28H2,1-4H3/p+1. The van der Waals surface area contributed by atoms with Crippen molar-refractivity contribution in [3.8, 4) is 0 Å². The minimum atomic E-state index is -4.06. The van der Waals surface area contributed by atoms with Crippen LogP contribution in [0.3, 0.4) is 0 Å². The summed E-state index contributed by atoms with van der Waals surface area (Å²) in [5.74, 6) is 2.74. The minimum absolute atomic E-state index is 0.0970. The second-order valence-electron chi connectivity index (χ2n) is 13.9. The van der Waals surface area contributed by atoms with Gasteiger partial charge in [-0.1, -0.05) is 103 Å². The molecule has 6 unspecified atom stereocenters. The number of phosphoric acid groups is 1. The summed E-state index contributed by atoms with van der Waals surface area (Å²) in [5, 5.41) is 0. The molecule has 0 aromatic carbocycles. The van der Waals surface area contributed by atoms with Gasteiger partial charge >= 0.3 is 7.82 Å². The van der Waals surface area contributed by atoms with Crippen LogP contribution in [0.15, 0.2) is 0 Å². The van der Waals surface area contributed by atoms with E-state index in [1.807, 2.05) is 11.8 Å². The van der Waals surface area contributed by atoms with Crippen LogP contribution in [0, 0.1) is 11.8 Å². The Balaban J connectivity index is 1.13. The molecule has 2 saturated carbocycles. The second kappa shape index (κ2) is 18.4. The van der Waals surface area contributed by atoms with Crippen molar-refractivity contribution in [2.24, 2.45) is 11.8 Å². The average molecular weight is 619 g/mol. The van der Waals surface area contributed by atoms with Crippen LogP contribution >= 0.6 is 19.6 Å². The number of hydrogen-bond donors (Lipinski definition) is 1. The summed E-state index contributed by atoms with van der Waals surface area (Å²) in [6.07, 6.45) is 26.4. The van der Waals surface area contributed by atoms with Crippen molar-refractivity contribution >= 4 is 19.6 Å². The van der Waals surface area contributed by atoms with Crippen LogP contribution in [0.5, 0.6) is 0 Å². The predicted molar refractivity (Wildman–Crippen MR) is 173 cm³/mol. The van der Waals surface area contributed by atoms with Gasteiger partial charge in [0.2, 0.25) is 0 Å². The first-order chi connectivity index (χ1) is 19.8. The fourth-order valence-corrected chi connectivity index (χ4v) is 10.2. The molecule has 3 fully saturated rings. The first-order valence-electron chi connectivity index (χ1n) is 17.3. The number of rotatable bonds is 26. The van der Waals surface area contributed by atoms with Gasteiger partial charge in [0.25, 0.3) is 0 Å². The molecule has 2 aliphatic carbocycles. The third kappa shape index (κ3) is 11.0. The quantitative estimate of drug-likeness (QED) is 0.0451. The number of likely N-dealkylation sites (tertiary alicyclic amines) is 1. The van der Waals surface area contributed by atoms with E-state index in [2.05, 4.69) is 21.0 Å². The lowest BCUT2D eigenvalue weighted by molar-refractivity contribution is -0.806. The number of hydrogen-bond acceptors (Lipinski definition) is 5. The van der Waals surface area contributed by atoms with Gasteiger partial charge in [0.15, 0.2) is 5.54 Å². The van der Waals surface area contributed by atoms with Crippen LogP contribution in [-0.4, -0.2) is 73.0 Å². The van der Waals surface area contributed by atoms with Crippen LogP contribution in [-0.2, 0) is 18.3 Å². The number of ether oxygens (including phenoxy) is 1. The Morgan fingerprint density at radius 3 is 1.93 bits per heavy atom. The summed E-state index contributed by atoms with van der Waals surface area (Å²) < 4.78 is 30.4. The van der Waals surface area contributed by atoms with Gasteiger partial charge in [-0.3, -0.25) is 9.05 Å². The monoisotopic (exact) mass is 618 g/mol. The van der Waals surface area contributed by atoms with Gasteiger partial charge in [-0.25, -0.2) is 4.57 Å². The number of phosphoric ester groups is 1. The molecule has 242 valence electrons. The van der Waals surface area contributed by atoms with E-state index in [4.69, 9.17) is 13.8 Å². The van der Waals surface area contributed by atoms with E-state index in [1.54, 1.807) is 7.11 Å². The molecular formula is C33H65NO5PS+. The largest absolute Gasteiger partial charge is 0.472 e. The first-order valence-corrected chi connectivity index (χ1v) is 20.0. The van der Waals surface area contributed by atoms with Crippen LogP contribution in [0.4, 0.5) is 0 Å². The van der Waals surface area contributed by atoms with Crippen LogP contribution in [0.1, 0.15) is 135 Å². The zero-order chi connectivity index (χ0) is 29.6. The van der Waals surface area contributed by atoms with Gasteiger partial charge in [-0.05, 0) is 25.0 Å². The molecule has 0 radical (unpaired) electrons. The van der Waals surface area contributed by atoms with Crippen LogP contribution in [0.25, 0.3) is 0 Å². The summed E-state index contributed by atoms with van der Waals surface area (Å²) in [6.45, 7) is 3.03. The normalized spacial score (nSPS) is 28.4. The van der Waals surface area contributed by atoms with Crippen LogP contribution < -0.4 is 0 Å². The lowest BCUT2D eigenvalue weighted by Gasteiger charge is -2.40. The maximum Gasteiger partial charge on any atom is 0.472 e. The first kappa shape index (κ1) is 35.9. The molecule has 0 aromatic rings. The summed E-state index contributed by atoms with van der Waals surface area (Å²) in [7, 11) is 2.24. The smallest absolute Gasteiger partial charge is 0.384 e. The lowest BCUT2D eigenvalue weighted by atomic mass is 9.64. The molecule has 41 heavy (non-hydrogen) atoms. The average Bonchev–Trinajstić information content (AvgIpc) is 3.45. The van der Waals surface area contributed by atoms with Crippen molar-refractivity contribution in [2.75, 3.05) is 45.9 Å². The van der Waals surface area contributed by atoms with Crippen molar-refractivity contribution in [2.45, 2.75) is 153 Å². The molecule has 6 atom stereocenters. The third-order valence-corrected chi connectivity index (χ3v) is 13.0. The highest BCUT2D eigenvalue weighted by molar-refractivity contribution is 7.99. The summed E-state index contributed by atoms with van der Waals surface area (Å²) in [4.78, 5) is 10.5. The summed E-state index contributed by atoms with van der Waals surface area (Å²) >= 11 is 1.91. The van der Waals surface area contributed by atoms with Crippen molar-refractivity contribution < 1.29 is 27.7 Å². The number of likely N-dealkylation sites (N-methyl/N-ethyl adjacent to an activating group) is 1. The molecular weight excluding hydrogens is 553 g/mol. The SMILES string of the molecule is CCCCCCCCCCCCCCCCCCSCC(COC)COP(=O)(O)OC1CC2CCC23C(C1)[N+]3(C)C. The number of nitrogens with zero attached hydrogens (tertiary/aromatic N) is 1. The number of methoxy groups -OCH3 is 1. The maximum absolute atomic E-state index is 12.8. The Bertz CT molecular complexity index is 770. The maximum atomic E-state index is 12.8. The van der Waals surface area contributed by atoms with Crippen LogP contribution in [0.2, 0.25) is 0 Å². The highest BCUT2D eigenvalue weighted by Crippen LogP contribution is 2.69. The fourth-order valence-electron chi connectivity index (χ4n) is 8.06. The Labute approximate surface area is 257 Å². The minimum Gasteiger partial charge on any atom is -0.384 e. The van der Waals surface area contributed by atoms with Gasteiger partial charge in [-0.15, -0.1) is 0 Å². The van der Waals surface area contributed by atoms with Crippen molar-refractivity contribution in [1.82, 2.24) is 0 Å². The number of unbranched alkanes of at least 4 members (excludes halogenated alkanes) is 15. The Kier molecular flexibility index (Phi) is 16.1. The second-order valence-corrected chi connectivity index (χ2v) is 16.5. The number of thioether (sulfide) groups is 1. The molecule has 1 heterocycles. The van der Waals surface area contributed by atoms with Crippen molar-refractivity contribution in [1.29, 1.82) is 0 Å². The van der Waals surface area contributed by atoms with E-state index in [0.717, 1.165) is 28.8 Å². The molecule has 3 aliphatic rings. The van der Waals surface area contributed by atoms with E-state index in [-0.39, 0.29) is 18.6 Å². The molecule has 1 saturated heterocycles. The van der Waals surface area contributed by atoms with Gasteiger partial charge < -0.3 is 14.1 Å². The molecule has 6 nitrogen and oxygen atoms in total. The Morgan fingerprint density at radius 2 is 1.44 bits per heavy atom. The van der Waals surface area contributed by atoms with Crippen molar-refractivity contribution in [3.05, 3.63) is 0 Å². The predicted octanol–water partition coefficient (Wildman–Crippen LogP) is 9.15. The zero-order valence-electron chi connectivity index (χ0n) is 27.2. The van der Waals surface area contributed by atoms with Gasteiger partial charge in [0.05, 0.1) is 33.4 Å².